The van der Waals surface area contributed by atoms with E-state index in [0.29, 0.717) is 0 Å². The van der Waals surface area contributed by atoms with Crippen molar-refractivity contribution in [3.63, 3.8) is 0 Å². The average Bonchev–Trinajstić information content (AvgIpc) is 2.76. The lowest BCUT2D eigenvalue weighted by molar-refractivity contribution is 0.237. The van der Waals surface area contributed by atoms with Crippen molar-refractivity contribution >= 4 is 0 Å². The largest absolute Gasteiger partial charge is 0.465 e. The van der Waals surface area contributed by atoms with Crippen LogP contribution >= 0.6 is 0 Å². The fourth-order valence-electron chi connectivity index (χ4n) is 2.15. The van der Waals surface area contributed by atoms with Crippen molar-refractivity contribution in [1.29, 1.82) is 0 Å². The van der Waals surface area contributed by atoms with E-state index in [4.69, 9.17) is 4.42 Å². The van der Waals surface area contributed by atoms with Gasteiger partial charge in [-0.1, -0.05) is 0 Å². The third kappa shape index (κ3) is 4.50. The first-order chi connectivity index (χ1) is 8.34. The average molecular weight is 237 g/mol. The molecule has 0 spiro atoms. The van der Waals surface area contributed by atoms with Crippen LogP contribution in [0.1, 0.15) is 17.9 Å². The molecule has 2 heterocycles. The molecule has 0 aliphatic carbocycles. The lowest BCUT2D eigenvalue weighted by Gasteiger charge is -2.27. The molecule has 0 saturated carbocycles. The molecule has 1 aliphatic rings. The molecule has 17 heavy (non-hydrogen) atoms. The molecule has 4 nitrogen and oxygen atoms in total. The Kier molecular flexibility index (Phi) is 5.04. The molecule has 0 radical (unpaired) electrons. The Bertz CT molecular complexity index is 318. The molecule has 0 aromatic carbocycles. The summed E-state index contributed by atoms with van der Waals surface area (Å²) < 4.78 is 5.50. The summed E-state index contributed by atoms with van der Waals surface area (Å²) in [6.45, 7) is 9.74. The molecule has 1 aromatic rings. The van der Waals surface area contributed by atoms with Gasteiger partial charge in [0.2, 0.25) is 0 Å². The molecule has 0 unspecified atom stereocenters. The van der Waals surface area contributed by atoms with Gasteiger partial charge in [0.25, 0.3) is 0 Å². The van der Waals surface area contributed by atoms with E-state index in [1.165, 1.54) is 26.1 Å². The molecule has 2 N–H and O–H groups in total. The highest BCUT2D eigenvalue weighted by atomic mass is 16.3. The van der Waals surface area contributed by atoms with Gasteiger partial charge in [0.05, 0.1) is 6.54 Å². The fourth-order valence-corrected chi connectivity index (χ4v) is 2.15. The van der Waals surface area contributed by atoms with Gasteiger partial charge < -0.3 is 20.0 Å². The van der Waals surface area contributed by atoms with Gasteiger partial charge in [0.15, 0.2) is 0 Å². The summed E-state index contributed by atoms with van der Waals surface area (Å²) >= 11 is 0. The zero-order valence-corrected chi connectivity index (χ0v) is 10.7. The van der Waals surface area contributed by atoms with Crippen molar-refractivity contribution in [1.82, 2.24) is 15.5 Å². The number of nitrogens with one attached hydrogen (secondary N) is 2. The summed E-state index contributed by atoms with van der Waals surface area (Å²) in [5.74, 6) is 2.02. The maximum Gasteiger partial charge on any atom is 0.117 e. The van der Waals surface area contributed by atoms with Crippen molar-refractivity contribution in [3.8, 4) is 0 Å². The number of hydrogen-bond donors (Lipinski definition) is 2. The van der Waals surface area contributed by atoms with Gasteiger partial charge in [-0.05, 0) is 38.6 Å². The van der Waals surface area contributed by atoms with E-state index in [1.807, 2.05) is 19.1 Å². The lowest BCUT2D eigenvalue weighted by atomic mass is 10.3. The molecule has 0 atom stereocenters. The second kappa shape index (κ2) is 6.79. The van der Waals surface area contributed by atoms with Crippen LogP contribution in [0.3, 0.4) is 0 Å². The highest BCUT2D eigenvalue weighted by Gasteiger charge is 2.07. The Hall–Kier alpha value is -0.840. The van der Waals surface area contributed by atoms with Gasteiger partial charge >= 0.3 is 0 Å². The van der Waals surface area contributed by atoms with Crippen LogP contribution in [0.4, 0.5) is 0 Å². The summed E-state index contributed by atoms with van der Waals surface area (Å²) in [4.78, 5) is 2.52. The van der Waals surface area contributed by atoms with Gasteiger partial charge in [-0.2, -0.15) is 0 Å². The van der Waals surface area contributed by atoms with Crippen LogP contribution in [0.5, 0.6) is 0 Å². The first-order valence-electron chi connectivity index (χ1n) is 6.54. The monoisotopic (exact) mass is 237 g/mol. The molecule has 96 valence electrons. The summed E-state index contributed by atoms with van der Waals surface area (Å²) in [7, 11) is 0. The van der Waals surface area contributed by atoms with Gasteiger partial charge in [0.1, 0.15) is 11.5 Å². The van der Waals surface area contributed by atoms with Crippen LogP contribution in [-0.2, 0) is 6.54 Å². The Labute approximate surface area is 103 Å². The summed E-state index contributed by atoms with van der Waals surface area (Å²) in [6.07, 6.45) is 1.21. The normalized spacial score (nSPS) is 17.5. The first-order valence-corrected chi connectivity index (χ1v) is 6.54. The van der Waals surface area contributed by atoms with E-state index in [9.17, 15) is 0 Å². The number of piperazine rings is 1. The molecule has 0 amide bonds. The second-order valence-electron chi connectivity index (χ2n) is 4.63. The lowest BCUT2D eigenvalue weighted by Crippen LogP contribution is -2.44. The van der Waals surface area contributed by atoms with Crippen molar-refractivity contribution in [3.05, 3.63) is 23.7 Å². The maximum absolute atomic E-state index is 5.50. The first kappa shape index (κ1) is 12.6. The third-order valence-corrected chi connectivity index (χ3v) is 3.13. The molecule has 1 fully saturated rings. The molecule has 1 aliphatic heterocycles. The number of furan rings is 1. The standard InChI is InChI=1S/C13H23N3O/c1-12-3-4-13(17-12)11-15-5-2-8-16-9-6-14-7-10-16/h3-4,14-15H,2,5-11H2,1H3. The topological polar surface area (TPSA) is 40.4 Å². The predicted octanol–water partition coefficient (Wildman–Crippen LogP) is 0.973. The van der Waals surface area contributed by atoms with Crippen molar-refractivity contribution < 1.29 is 4.42 Å². The van der Waals surface area contributed by atoms with Crippen molar-refractivity contribution in [2.75, 3.05) is 39.3 Å². The highest BCUT2D eigenvalue weighted by Crippen LogP contribution is 2.05. The molecule has 2 rings (SSSR count). The molecule has 0 bridgehead atoms. The van der Waals surface area contributed by atoms with Crippen LogP contribution in [0, 0.1) is 6.92 Å². The minimum atomic E-state index is 0.843. The fraction of sp³-hybridized carbons (Fsp3) is 0.692. The SMILES string of the molecule is Cc1ccc(CNCCCN2CCNCC2)o1. The molecule has 4 heteroatoms. The van der Waals surface area contributed by atoms with E-state index in [-0.39, 0.29) is 0 Å². The Balaban J connectivity index is 1.51. The van der Waals surface area contributed by atoms with Crippen molar-refractivity contribution in [2.24, 2.45) is 0 Å². The highest BCUT2D eigenvalue weighted by molar-refractivity contribution is 5.04. The van der Waals surface area contributed by atoms with Crippen LogP contribution in [0.15, 0.2) is 16.5 Å². The van der Waals surface area contributed by atoms with Gasteiger partial charge in [-0.15, -0.1) is 0 Å². The summed E-state index contributed by atoms with van der Waals surface area (Å²) in [5.41, 5.74) is 0. The number of rotatable bonds is 6. The zero-order chi connectivity index (χ0) is 11.9. The minimum Gasteiger partial charge on any atom is -0.465 e. The number of hydrogen-bond acceptors (Lipinski definition) is 4. The Morgan fingerprint density at radius 2 is 2.18 bits per heavy atom. The van der Waals surface area contributed by atoms with E-state index in [1.54, 1.807) is 0 Å². The van der Waals surface area contributed by atoms with Crippen LogP contribution in [-0.4, -0.2) is 44.2 Å². The van der Waals surface area contributed by atoms with E-state index < -0.39 is 0 Å². The summed E-state index contributed by atoms with van der Waals surface area (Å²) in [6, 6.07) is 4.05. The minimum absolute atomic E-state index is 0.843. The quantitative estimate of drug-likeness (QED) is 0.723. The van der Waals surface area contributed by atoms with Crippen LogP contribution in [0.2, 0.25) is 0 Å². The third-order valence-electron chi connectivity index (χ3n) is 3.13. The number of nitrogens with zero attached hydrogens (tertiary/aromatic N) is 1. The zero-order valence-electron chi connectivity index (χ0n) is 10.7. The molecule has 1 saturated heterocycles. The molecular weight excluding hydrogens is 214 g/mol. The van der Waals surface area contributed by atoms with E-state index in [0.717, 1.165) is 37.7 Å². The van der Waals surface area contributed by atoms with Gasteiger partial charge in [-0.3, -0.25) is 0 Å². The van der Waals surface area contributed by atoms with Gasteiger partial charge in [0, 0.05) is 26.2 Å². The molecule has 1 aromatic heterocycles. The van der Waals surface area contributed by atoms with Crippen LogP contribution in [0.25, 0.3) is 0 Å². The second-order valence-corrected chi connectivity index (χ2v) is 4.63. The maximum atomic E-state index is 5.50. The Morgan fingerprint density at radius 3 is 2.88 bits per heavy atom. The predicted molar refractivity (Wildman–Crippen MR) is 69.1 cm³/mol. The Morgan fingerprint density at radius 1 is 1.35 bits per heavy atom. The van der Waals surface area contributed by atoms with E-state index >= 15 is 0 Å². The van der Waals surface area contributed by atoms with E-state index in [2.05, 4.69) is 15.5 Å². The van der Waals surface area contributed by atoms with Crippen molar-refractivity contribution in [2.45, 2.75) is 19.9 Å². The summed E-state index contributed by atoms with van der Waals surface area (Å²) in [5, 5.41) is 6.79. The van der Waals surface area contributed by atoms with Gasteiger partial charge in [-0.25, -0.2) is 0 Å². The van der Waals surface area contributed by atoms with Crippen LogP contribution < -0.4 is 10.6 Å². The number of aryl methyl sites for hydroxylation is 1. The smallest absolute Gasteiger partial charge is 0.117 e. The molecular formula is C13H23N3O.